The van der Waals surface area contributed by atoms with E-state index in [1.54, 1.807) is 0 Å². The van der Waals surface area contributed by atoms with Crippen LogP contribution >= 0.6 is 0 Å². The van der Waals surface area contributed by atoms with Crippen molar-refractivity contribution < 1.29 is 23.0 Å². The molecule has 0 aliphatic heterocycles. The van der Waals surface area contributed by atoms with Gasteiger partial charge in [-0.3, -0.25) is 0 Å². The van der Waals surface area contributed by atoms with Gasteiger partial charge in [0.1, 0.15) is 11.6 Å². The molecule has 0 radical (unpaired) electrons. The third kappa shape index (κ3) is 2.62. The number of ether oxygens (including phenoxy) is 1. The normalized spacial score (nSPS) is 10.5. The minimum absolute atomic E-state index is 0.0432. The quantitative estimate of drug-likeness (QED) is 0.792. The van der Waals surface area contributed by atoms with Gasteiger partial charge in [-0.1, -0.05) is 6.07 Å². The largest absolute Gasteiger partial charge is 0.435 e. The number of benzene rings is 1. The lowest BCUT2D eigenvalue weighted by Crippen LogP contribution is -2.02. The smallest absolute Gasteiger partial charge is 0.387 e. The first kappa shape index (κ1) is 9.85. The van der Waals surface area contributed by atoms with E-state index in [0.29, 0.717) is 0 Å². The number of hydrogen-bond donors (Lipinski definition) is 1. The first-order valence-corrected chi connectivity index (χ1v) is 3.47. The summed E-state index contributed by atoms with van der Waals surface area (Å²) >= 11 is 0. The number of alkyl halides is 2. The summed E-state index contributed by atoms with van der Waals surface area (Å²) in [5.41, 5.74) is 0.0432. The topological polar surface area (TPSA) is 29.5 Å². The molecule has 13 heavy (non-hydrogen) atoms. The van der Waals surface area contributed by atoms with E-state index < -0.39 is 19.0 Å². The third-order valence-corrected chi connectivity index (χ3v) is 1.42. The van der Waals surface area contributed by atoms with E-state index in [1.807, 2.05) is 0 Å². The SMILES string of the molecule is OCc1ccc(OC(F)F)cc1F. The second-order valence-electron chi connectivity index (χ2n) is 2.29. The molecule has 0 saturated heterocycles. The van der Waals surface area contributed by atoms with Crippen LogP contribution in [0.1, 0.15) is 5.56 Å². The van der Waals surface area contributed by atoms with Gasteiger partial charge < -0.3 is 9.84 Å². The van der Waals surface area contributed by atoms with Crippen molar-refractivity contribution in [2.24, 2.45) is 0 Å². The summed E-state index contributed by atoms with van der Waals surface area (Å²) in [4.78, 5) is 0. The lowest BCUT2D eigenvalue weighted by molar-refractivity contribution is -0.0500. The summed E-state index contributed by atoms with van der Waals surface area (Å²) in [6, 6.07) is 3.16. The molecule has 1 aromatic carbocycles. The molecule has 0 spiro atoms. The Morgan fingerprint density at radius 1 is 1.38 bits per heavy atom. The Hall–Kier alpha value is -1.23. The Kier molecular flexibility index (Phi) is 3.13. The first-order chi connectivity index (χ1) is 6.13. The van der Waals surface area contributed by atoms with Crippen molar-refractivity contribution in [2.75, 3.05) is 0 Å². The summed E-state index contributed by atoms with van der Waals surface area (Å²) in [5, 5.41) is 8.56. The zero-order chi connectivity index (χ0) is 9.84. The lowest BCUT2D eigenvalue weighted by Gasteiger charge is -2.05. The Morgan fingerprint density at radius 3 is 2.54 bits per heavy atom. The molecular weight excluding hydrogens is 185 g/mol. The van der Waals surface area contributed by atoms with Crippen LogP contribution in [0, 0.1) is 5.82 Å². The molecule has 0 fully saturated rings. The number of hydrogen-bond acceptors (Lipinski definition) is 2. The van der Waals surface area contributed by atoms with Crippen LogP contribution < -0.4 is 4.74 Å². The van der Waals surface area contributed by atoms with Crippen molar-refractivity contribution in [1.29, 1.82) is 0 Å². The van der Waals surface area contributed by atoms with Crippen molar-refractivity contribution in [3.63, 3.8) is 0 Å². The number of rotatable bonds is 3. The minimum Gasteiger partial charge on any atom is -0.435 e. The van der Waals surface area contributed by atoms with E-state index >= 15 is 0 Å². The van der Waals surface area contributed by atoms with Crippen molar-refractivity contribution in [3.05, 3.63) is 29.6 Å². The van der Waals surface area contributed by atoms with Crippen LogP contribution in [-0.4, -0.2) is 11.7 Å². The Bertz CT molecular complexity index is 289. The van der Waals surface area contributed by atoms with E-state index in [4.69, 9.17) is 5.11 Å². The summed E-state index contributed by atoms with van der Waals surface area (Å²) in [6.07, 6.45) is 0. The van der Waals surface area contributed by atoms with E-state index in [1.165, 1.54) is 12.1 Å². The van der Waals surface area contributed by atoms with E-state index in [9.17, 15) is 13.2 Å². The molecule has 0 aliphatic carbocycles. The Balaban J connectivity index is 2.83. The lowest BCUT2D eigenvalue weighted by atomic mass is 10.2. The zero-order valence-corrected chi connectivity index (χ0v) is 6.51. The molecule has 72 valence electrons. The van der Waals surface area contributed by atoms with Crippen LogP contribution in [0.3, 0.4) is 0 Å². The van der Waals surface area contributed by atoms with E-state index in [2.05, 4.69) is 4.74 Å². The molecule has 0 aliphatic rings. The summed E-state index contributed by atoms with van der Waals surface area (Å²) in [7, 11) is 0. The Labute approximate surface area is 72.6 Å². The highest BCUT2D eigenvalue weighted by Gasteiger charge is 2.07. The van der Waals surface area contributed by atoms with Gasteiger partial charge in [0.15, 0.2) is 0 Å². The predicted molar refractivity (Wildman–Crippen MR) is 39.0 cm³/mol. The van der Waals surface area contributed by atoms with E-state index in [0.717, 1.165) is 6.07 Å². The molecule has 2 nitrogen and oxygen atoms in total. The number of aliphatic hydroxyl groups is 1. The van der Waals surface area contributed by atoms with Gasteiger partial charge in [0, 0.05) is 11.6 Å². The summed E-state index contributed by atoms with van der Waals surface area (Å²) in [6.45, 7) is -3.44. The second kappa shape index (κ2) is 4.13. The average molecular weight is 192 g/mol. The highest BCUT2D eigenvalue weighted by molar-refractivity contribution is 5.28. The fraction of sp³-hybridized carbons (Fsp3) is 0.250. The maximum atomic E-state index is 12.8. The average Bonchev–Trinajstić information content (AvgIpc) is 2.03. The maximum Gasteiger partial charge on any atom is 0.387 e. The molecule has 5 heteroatoms. The van der Waals surface area contributed by atoms with Gasteiger partial charge in [-0.2, -0.15) is 8.78 Å². The molecule has 0 atom stereocenters. The van der Waals surface area contributed by atoms with Crippen LogP contribution in [0.4, 0.5) is 13.2 Å². The van der Waals surface area contributed by atoms with Gasteiger partial charge in [0.25, 0.3) is 0 Å². The minimum atomic E-state index is -2.97. The predicted octanol–water partition coefficient (Wildman–Crippen LogP) is 1.92. The summed E-state index contributed by atoms with van der Waals surface area (Å²) < 4.78 is 40.0. The van der Waals surface area contributed by atoms with Gasteiger partial charge in [-0.25, -0.2) is 4.39 Å². The van der Waals surface area contributed by atoms with Gasteiger partial charge in [0.05, 0.1) is 6.61 Å². The maximum absolute atomic E-state index is 12.8. The number of aliphatic hydroxyl groups excluding tert-OH is 1. The fourth-order valence-corrected chi connectivity index (χ4v) is 0.832. The van der Waals surface area contributed by atoms with Crippen LogP contribution in [0.25, 0.3) is 0 Å². The standard InChI is InChI=1S/C8H7F3O2/c9-7-3-6(13-8(10)11)2-1-5(7)4-12/h1-3,8,12H,4H2. The first-order valence-electron chi connectivity index (χ1n) is 3.47. The Morgan fingerprint density at radius 2 is 2.08 bits per heavy atom. The highest BCUT2D eigenvalue weighted by Crippen LogP contribution is 2.18. The zero-order valence-electron chi connectivity index (χ0n) is 6.51. The molecule has 0 bridgehead atoms. The van der Waals surface area contributed by atoms with Gasteiger partial charge >= 0.3 is 6.61 Å². The molecule has 0 saturated carbocycles. The summed E-state index contributed by atoms with van der Waals surface area (Å²) in [5.74, 6) is -1.02. The highest BCUT2D eigenvalue weighted by atomic mass is 19.3. The van der Waals surface area contributed by atoms with Crippen LogP contribution in [0.15, 0.2) is 18.2 Å². The van der Waals surface area contributed by atoms with Crippen LogP contribution in [0.2, 0.25) is 0 Å². The van der Waals surface area contributed by atoms with Crippen molar-refractivity contribution in [1.82, 2.24) is 0 Å². The van der Waals surface area contributed by atoms with Crippen molar-refractivity contribution in [3.8, 4) is 5.75 Å². The van der Waals surface area contributed by atoms with Crippen LogP contribution in [0.5, 0.6) is 5.75 Å². The molecule has 0 heterocycles. The molecule has 0 unspecified atom stereocenters. The molecule has 1 rings (SSSR count). The van der Waals surface area contributed by atoms with Gasteiger partial charge in [0.2, 0.25) is 0 Å². The second-order valence-corrected chi connectivity index (χ2v) is 2.29. The van der Waals surface area contributed by atoms with E-state index in [-0.39, 0.29) is 11.3 Å². The molecule has 1 N–H and O–H groups in total. The van der Waals surface area contributed by atoms with Crippen molar-refractivity contribution in [2.45, 2.75) is 13.2 Å². The fourth-order valence-electron chi connectivity index (χ4n) is 0.832. The van der Waals surface area contributed by atoms with Gasteiger partial charge in [-0.15, -0.1) is 0 Å². The molecule has 0 amide bonds. The molecular formula is C8H7F3O2. The molecule has 1 aromatic rings. The van der Waals surface area contributed by atoms with Crippen molar-refractivity contribution >= 4 is 0 Å². The van der Waals surface area contributed by atoms with Gasteiger partial charge in [-0.05, 0) is 6.07 Å². The monoisotopic (exact) mass is 192 g/mol. The molecule has 0 aromatic heterocycles. The van der Waals surface area contributed by atoms with Crippen LogP contribution in [-0.2, 0) is 6.61 Å². The third-order valence-electron chi connectivity index (χ3n) is 1.42. The number of halogens is 3.